The van der Waals surface area contributed by atoms with Crippen molar-refractivity contribution in [2.24, 2.45) is 0 Å². The Hall–Kier alpha value is -3.58. The van der Waals surface area contributed by atoms with Gasteiger partial charge in [-0.2, -0.15) is 15.2 Å². The number of fused-ring (bicyclic) bond motifs is 3. The Morgan fingerprint density at radius 2 is 2.05 bits per heavy atom. The number of ether oxygens (including phenoxy) is 2. The van der Waals surface area contributed by atoms with Gasteiger partial charge in [-0.15, -0.1) is 0 Å². The van der Waals surface area contributed by atoms with Gasteiger partial charge in [0.05, 0.1) is 24.1 Å². The molecule has 1 amide bonds. The van der Waals surface area contributed by atoms with E-state index in [1.165, 1.54) is 16.0 Å². The molecular formula is C30H38N6O4. The van der Waals surface area contributed by atoms with Gasteiger partial charge < -0.3 is 24.4 Å². The van der Waals surface area contributed by atoms with Crippen molar-refractivity contribution < 1.29 is 19.4 Å². The second kappa shape index (κ2) is 11.1. The van der Waals surface area contributed by atoms with Crippen molar-refractivity contribution in [3.63, 3.8) is 0 Å². The fourth-order valence-corrected chi connectivity index (χ4v) is 7.12. The number of carbonyl (C=O) groups is 1. The van der Waals surface area contributed by atoms with Gasteiger partial charge in [-0.3, -0.25) is 4.90 Å². The van der Waals surface area contributed by atoms with Crippen LogP contribution in [0, 0.1) is 11.3 Å². The first-order valence-corrected chi connectivity index (χ1v) is 14.7. The van der Waals surface area contributed by atoms with Crippen LogP contribution in [0.15, 0.2) is 24.3 Å². The molecular weight excluding hydrogens is 508 g/mol. The maximum absolute atomic E-state index is 11.8. The number of aromatic nitrogens is 2. The Bertz CT molecular complexity index is 1300. The maximum Gasteiger partial charge on any atom is 0.407 e. The van der Waals surface area contributed by atoms with E-state index in [1.807, 2.05) is 0 Å². The molecule has 0 radical (unpaired) electrons. The van der Waals surface area contributed by atoms with Crippen LogP contribution < -0.4 is 14.4 Å². The van der Waals surface area contributed by atoms with E-state index in [1.54, 1.807) is 0 Å². The summed E-state index contributed by atoms with van der Waals surface area (Å²) >= 11 is 0. The molecule has 10 nitrogen and oxygen atoms in total. The van der Waals surface area contributed by atoms with Gasteiger partial charge in [-0.05, 0) is 69.2 Å². The van der Waals surface area contributed by atoms with Crippen LogP contribution in [0.3, 0.4) is 0 Å². The lowest BCUT2D eigenvalue weighted by Crippen LogP contribution is -2.55. The highest BCUT2D eigenvalue weighted by atomic mass is 16.5. The number of hydrogen-bond donors (Lipinski definition) is 1. The third-order valence-corrected chi connectivity index (χ3v) is 9.20. The van der Waals surface area contributed by atoms with Crippen LogP contribution in [0.4, 0.5) is 10.6 Å². The molecule has 3 aliphatic heterocycles. The van der Waals surface area contributed by atoms with Gasteiger partial charge in [0.2, 0.25) is 5.88 Å². The summed E-state index contributed by atoms with van der Waals surface area (Å²) in [6, 6.07) is 10.9. The summed E-state index contributed by atoms with van der Waals surface area (Å²) in [5, 5.41) is 19.1. The quantitative estimate of drug-likeness (QED) is 0.574. The standard InChI is InChI=1S/C30H38N6O4/c1-2-34-16-6-9-23(34)20-39-28-32-26(35-17-18-36(29(37)38)22(19-35)12-15-31)24-11-14-30(40-27(24)33-28)13-5-8-21-7-3-4-10-25(21)30/h3-4,7,10,22-23H,2,5-6,8-9,11-14,16-20H2,1H3,(H,37,38)/t22-,23-,30?/m0/s1. The molecule has 10 heteroatoms. The number of aryl methyl sites for hydroxylation is 1. The minimum Gasteiger partial charge on any atom is -0.466 e. The minimum absolute atomic E-state index is 0.129. The molecule has 1 N–H and O–H groups in total. The molecule has 40 heavy (non-hydrogen) atoms. The van der Waals surface area contributed by atoms with Gasteiger partial charge in [-0.1, -0.05) is 31.2 Å². The maximum atomic E-state index is 11.8. The summed E-state index contributed by atoms with van der Waals surface area (Å²) in [4.78, 5) is 27.5. The van der Waals surface area contributed by atoms with Gasteiger partial charge in [0, 0.05) is 25.7 Å². The first-order chi connectivity index (χ1) is 19.5. The molecule has 1 aromatic carbocycles. The highest BCUT2D eigenvalue weighted by molar-refractivity contribution is 5.66. The molecule has 6 rings (SSSR count). The summed E-state index contributed by atoms with van der Waals surface area (Å²) in [7, 11) is 0. The number of amides is 1. The third kappa shape index (κ3) is 4.92. The average molecular weight is 547 g/mol. The lowest BCUT2D eigenvalue weighted by atomic mass is 9.75. The molecule has 2 aromatic rings. The van der Waals surface area contributed by atoms with E-state index in [0.717, 1.165) is 69.4 Å². The Morgan fingerprint density at radius 1 is 1.18 bits per heavy atom. The van der Waals surface area contributed by atoms with Crippen molar-refractivity contribution in [3.8, 4) is 18.0 Å². The van der Waals surface area contributed by atoms with Crippen LogP contribution >= 0.6 is 0 Å². The normalized spacial score (nSPS) is 26.1. The van der Waals surface area contributed by atoms with E-state index in [2.05, 4.69) is 47.1 Å². The molecule has 4 heterocycles. The van der Waals surface area contributed by atoms with Crippen molar-refractivity contribution in [3.05, 3.63) is 41.0 Å². The Balaban J connectivity index is 1.34. The number of carboxylic acid groups (broad SMARTS) is 1. The number of nitrogens with zero attached hydrogens (tertiary/aromatic N) is 6. The second-order valence-electron chi connectivity index (χ2n) is 11.4. The largest absolute Gasteiger partial charge is 0.466 e. The summed E-state index contributed by atoms with van der Waals surface area (Å²) in [6.07, 6.45) is 6.04. The number of likely N-dealkylation sites (N-methyl/N-ethyl adjacent to an activating group) is 1. The number of benzene rings is 1. The molecule has 3 atom stereocenters. The predicted octanol–water partition coefficient (Wildman–Crippen LogP) is 3.98. The van der Waals surface area contributed by atoms with Gasteiger partial charge in [-0.25, -0.2) is 4.79 Å². The van der Waals surface area contributed by atoms with Crippen LogP contribution in [0.25, 0.3) is 0 Å². The molecule has 1 aliphatic carbocycles. The highest BCUT2D eigenvalue weighted by Gasteiger charge is 2.44. The van der Waals surface area contributed by atoms with Crippen LogP contribution in [0.5, 0.6) is 11.9 Å². The van der Waals surface area contributed by atoms with Gasteiger partial charge in [0.25, 0.3) is 0 Å². The first-order valence-electron chi connectivity index (χ1n) is 14.7. The van der Waals surface area contributed by atoms with Crippen LogP contribution in [-0.2, 0) is 18.4 Å². The summed E-state index contributed by atoms with van der Waals surface area (Å²) in [6.45, 7) is 5.95. The first kappa shape index (κ1) is 26.6. The average Bonchev–Trinajstić information content (AvgIpc) is 3.43. The number of rotatable bonds is 6. The molecule has 1 aromatic heterocycles. The molecule has 0 saturated carbocycles. The van der Waals surface area contributed by atoms with E-state index in [4.69, 9.17) is 19.4 Å². The number of hydrogen-bond acceptors (Lipinski definition) is 8. The topological polar surface area (TPSA) is 115 Å². The molecule has 212 valence electrons. The summed E-state index contributed by atoms with van der Waals surface area (Å²) in [5.41, 5.74) is 3.12. The minimum atomic E-state index is -0.994. The zero-order chi connectivity index (χ0) is 27.7. The van der Waals surface area contributed by atoms with Gasteiger partial charge in [0.1, 0.15) is 18.0 Å². The van der Waals surface area contributed by atoms with Crippen molar-refractivity contribution >= 4 is 11.9 Å². The number of likely N-dealkylation sites (tertiary alicyclic amines) is 1. The molecule has 2 fully saturated rings. The Kier molecular flexibility index (Phi) is 7.41. The van der Waals surface area contributed by atoms with Crippen molar-refractivity contribution in [1.82, 2.24) is 19.8 Å². The van der Waals surface area contributed by atoms with Crippen molar-refractivity contribution in [1.29, 1.82) is 5.26 Å². The smallest absolute Gasteiger partial charge is 0.407 e. The lowest BCUT2D eigenvalue weighted by molar-refractivity contribution is 0.0189. The fourth-order valence-electron chi connectivity index (χ4n) is 7.12. The Labute approximate surface area is 235 Å². The number of nitriles is 1. The second-order valence-corrected chi connectivity index (χ2v) is 11.4. The SMILES string of the molecule is CCN1CCC[C@H]1COc1nc2c(c(N3CCN(C(=O)O)[C@@H](CC#N)C3)n1)CCC1(CCCc3ccccc31)O2. The van der Waals surface area contributed by atoms with Crippen molar-refractivity contribution in [2.45, 2.75) is 76.0 Å². The molecule has 4 aliphatic rings. The lowest BCUT2D eigenvalue weighted by Gasteiger charge is -2.44. The highest BCUT2D eigenvalue weighted by Crippen LogP contribution is 2.48. The fraction of sp³-hybridized carbons (Fsp3) is 0.600. The van der Waals surface area contributed by atoms with E-state index in [-0.39, 0.29) is 6.42 Å². The molecule has 2 saturated heterocycles. The van der Waals surface area contributed by atoms with Crippen LogP contribution in [0.2, 0.25) is 0 Å². The van der Waals surface area contributed by atoms with Crippen LogP contribution in [-0.4, -0.2) is 82.4 Å². The van der Waals surface area contributed by atoms with E-state index in [0.29, 0.717) is 44.2 Å². The number of piperazine rings is 1. The zero-order valence-electron chi connectivity index (χ0n) is 23.2. The predicted molar refractivity (Wildman–Crippen MR) is 149 cm³/mol. The van der Waals surface area contributed by atoms with Gasteiger partial charge in [0.15, 0.2) is 0 Å². The van der Waals surface area contributed by atoms with Crippen molar-refractivity contribution in [2.75, 3.05) is 44.2 Å². The van der Waals surface area contributed by atoms with E-state index < -0.39 is 17.7 Å². The molecule has 0 bridgehead atoms. The molecule has 1 spiro atoms. The zero-order valence-corrected chi connectivity index (χ0v) is 23.2. The number of anilines is 1. The summed E-state index contributed by atoms with van der Waals surface area (Å²) in [5.74, 6) is 1.31. The third-order valence-electron chi connectivity index (χ3n) is 9.20. The van der Waals surface area contributed by atoms with E-state index >= 15 is 0 Å². The van der Waals surface area contributed by atoms with Crippen LogP contribution in [0.1, 0.15) is 62.1 Å². The van der Waals surface area contributed by atoms with Gasteiger partial charge >= 0.3 is 12.1 Å². The van der Waals surface area contributed by atoms with E-state index in [9.17, 15) is 15.2 Å². The Morgan fingerprint density at radius 3 is 2.88 bits per heavy atom. The summed E-state index contributed by atoms with van der Waals surface area (Å²) < 4.78 is 13.2. The molecule has 1 unspecified atom stereocenters. The monoisotopic (exact) mass is 546 g/mol.